The molecule has 3 aromatic rings. The predicted octanol–water partition coefficient (Wildman–Crippen LogP) is 3.99. The number of esters is 1. The average Bonchev–Trinajstić information content (AvgIpc) is 2.63. The Hall–Kier alpha value is -3.01. The van der Waals surface area contributed by atoms with Gasteiger partial charge in [0.15, 0.2) is 0 Å². The van der Waals surface area contributed by atoms with Crippen molar-refractivity contribution in [3.63, 3.8) is 0 Å². The molecule has 3 rings (SSSR count). The van der Waals surface area contributed by atoms with Crippen molar-refractivity contribution in [3.05, 3.63) is 72.6 Å². The molecule has 1 aromatic carbocycles. The number of carbonyl (C=O) groups is 1. The largest absolute Gasteiger partial charge is 0.462 e. The minimum atomic E-state index is -0.369. The number of hydrogen-bond donors (Lipinski definition) is 0. The predicted molar refractivity (Wildman–Crippen MR) is 88.9 cm³/mol. The van der Waals surface area contributed by atoms with Crippen LogP contribution in [0.3, 0.4) is 0 Å². The zero-order valence-corrected chi connectivity index (χ0v) is 12.8. The fourth-order valence-electron chi connectivity index (χ4n) is 2.43. The van der Waals surface area contributed by atoms with Crippen LogP contribution in [0.1, 0.15) is 17.3 Å². The average molecular weight is 304 g/mol. The Labute approximate surface area is 134 Å². The Balaban J connectivity index is 2.16. The molecule has 0 saturated heterocycles. The molecule has 0 unspecified atom stereocenters. The summed E-state index contributed by atoms with van der Waals surface area (Å²) >= 11 is 0. The molecule has 0 bridgehead atoms. The summed E-state index contributed by atoms with van der Waals surface area (Å²) in [7, 11) is 0. The Morgan fingerprint density at radius 3 is 2.39 bits per heavy atom. The topological polar surface area (TPSA) is 52.1 Å². The zero-order chi connectivity index (χ0) is 16.1. The van der Waals surface area contributed by atoms with E-state index in [0.717, 1.165) is 16.8 Å². The molecular weight excluding hydrogens is 288 g/mol. The normalized spacial score (nSPS) is 10.3. The van der Waals surface area contributed by atoms with Crippen LogP contribution in [-0.4, -0.2) is 22.5 Å². The van der Waals surface area contributed by atoms with Gasteiger partial charge in [0.05, 0.1) is 23.6 Å². The highest BCUT2D eigenvalue weighted by atomic mass is 16.5. The summed E-state index contributed by atoms with van der Waals surface area (Å²) in [6.45, 7) is 2.12. The quantitative estimate of drug-likeness (QED) is 0.684. The fraction of sp³-hybridized carbons (Fsp3) is 0.105. The fourth-order valence-corrected chi connectivity index (χ4v) is 2.43. The van der Waals surface area contributed by atoms with E-state index >= 15 is 0 Å². The first-order valence-electron chi connectivity index (χ1n) is 7.44. The van der Waals surface area contributed by atoms with Gasteiger partial charge in [0.25, 0.3) is 0 Å². The number of rotatable bonds is 4. The molecule has 0 aliphatic rings. The summed E-state index contributed by atoms with van der Waals surface area (Å²) < 4.78 is 5.14. The molecule has 0 saturated carbocycles. The van der Waals surface area contributed by atoms with Gasteiger partial charge in [-0.15, -0.1) is 0 Å². The van der Waals surface area contributed by atoms with Crippen LogP contribution in [0.4, 0.5) is 0 Å². The van der Waals surface area contributed by atoms with Crippen LogP contribution in [0.15, 0.2) is 67.0 Å². The maximum Gasteiger partial charge on any atom is 0.340 e. The van der Waals surface area contributed by atoms with E-state index in [9.17, 15) is 4.79 Å². The number of benzene rings is 1. The van der Waals surface area contributed by atoms with Crippen molar-refractivity contribution in [1.29, 1.82) is 0 Å². The van der Waals surface area contributed by atoms with E-state index < -0.39 is 0 Å². The summed E-state index contributed by atoms with van der Waals surface area (Å²) in [6, 6.07) is 17.0. The SMILES string of the molecule is CCOC(=O)c1cccnc1-c1ccccc1-c1ccccn1. The van der Waals surface area contributed by atoms with Crippen molar-refractivity contribution in [2.24, 2.45) is 0 Å². The molecular formula is C19H16N2O2. The van der Waals surface area contributed by atoms with Crippen LogP contribution in [0.5, 0.6) is 0 Å². The van der Waals surface area contributed by atoms with E-state index in [0.29, 0.717) is 17.9 Å². The Morgan fingerprint density at radius 1 is 0.913 bits per heavy atom. The van der Waals surface area contributed by atoms with Crippen molar-refractivity contribution < 1.29 is 9.53 Å². The minimum Gasteiger partial charge on any atom is -0.462 e. The van der Waals surface area contributed by atoms with E-state index in [1.165, 1.54) is 0 Å². The molecule has 0 atom stereocenters. The Morgan fingerprint density at radius 2 is 1.65 bits per heavy atom. The standard InChI is InChI=1S/C19H16N2O2/c1-2-23-19(22)16-10-7-13-21-18(16)15-9-4-3-8-14(15)17-11-5-6-12-20-17/h3-13H,2H2,1H3. The third-order valence-electron chi connectivity index (χ3n) is 3.43. The van der Waals surface area contributed by atoms with Gasteiger partial charge in [-0.3, -0.25) is 9.97 Å². The molecule has 4 heteroatoms. The molecule has 0 amide bonds. The lowest BCUT2D eigenvalue weighted by Gasteiger charge is -2.12. The molecule has 2 aromatic heterocycles. The molecule has 0 radical (unpaired) electrons. The second-order valence-electron chi connectivity index (χ2n) is 4.88. The highest BCUT2D eigenvalue weighted by Gasteiger charge is 2.17. The second kappa shape index (κ2) is 6.83. The highest BCUT2D eigenvalue weighted by molar-refractivity contribution is 5.98. The maximum absolute atomic E-state index is 12.2. The van der Waals surface area contributed by atoms with Crippen molar-refractivity contribution in [3.8, 4) is 22.5 Å². The van der Waals surface area contributed by atoms with Crippen LogP contribution in [-0.2, 0) is 4.74 Å². The third kappa shape index (κ3) is 3.11. The van der Waals surface area contributed by atoms with Crippen LogP contribution in [0.25, 0.3) is 22.5 Å². The van der Waals surface area contributed by atoms with Gasteiger partial charge in [-0.25, -0.2) is 4.79 Å². The molecule has 23 heavy (non-hydrogen) atoms. The lowest BCUT2D eigenvalue weighted by molar-refractivity contribution is 0.0527. The van der Waals surface area contributed by atoms with Gasteiger partial charge in [-0.1, -0.05) is 30.3 Å². The van der Waals surface area contributed by atoms with E-state index in [2.05, 4.69) is 9.97 Å². The molecule has 0 spiro atoms. The Kier molecular flexibility index (Phi) is 4.43. The van der Waals surface area contributed by atoms with Gasteiger partial charge in [-0.2, -0.15) is 0 Å². The van der Waals surface area contributed by atoms with E-state index in [1.807, 2.05) is 42.5 Å². The number of nitrogens with zero attached hydrogens (tertiary/aromatic N) is 2. The monoisotopic (exact) mass is 304 g/mol. The number of pyridine rings is 2. The van der Waals surface area contributed by atoms with Gasteiger partial charge >= 0.3 is 5.97 Å². The first-order valence-corrected chi connectivity index (χ1v) is 7.44. The summed E-state index contributed by atoms with van der Waals surface area (Å²) in [6.07, 6.45) is 3.42. The Bertz CT molecular complexity index is 816. The molecule has 0 aliphatic carbocycles. The van der Waals surface area contributed by atoms with Crippen molar-refractivity contribution >= 4 is 5.97 Å². The molecule has 0 aliphatic heterocycles. The van der Waals surface area contributed by atoms with Gasteiger partial charge in [0, 0.05) is 23.5 Å². The van der Waals surface area contributed by atoms with Gasteiger partial charge in [-0.05, 0) is 31.2 Å². The van der Waals surface area contributed by atoms with Gasteiger partial charge < -0.3 is 4.74 Å². The summed E-state index contributed by atoms with van der Waals surface area (Å²) in [5.41, 5.74) is 3.68. The summed E-state index contributed by atoms with van der Waals surface area (Å²) in [5.74, 6) is -0.369. The molecule has 114 valence electrons. The molecule has 2 heterocycles. The van der Waals surface area contributed by atoms with Gasteiger partial charge in [0.1, 0.15) is 0 Å². The molecule has 0 N–H and O–H groups in total. The maximum atomic E-state index is 12.2. The third-order valence-corrected chi connectivity index (χ3v) is 3.43. The smallest absolute Gasteiger partial charge is 0.340 e. The van der Waals surface area contributed by atoms with Crippen molar-refractivity contribution in [2.75, 3.05) is 6.61 Å². The molecule has 0 fully saturated rings. The van der Waals surface area contributed by atoms with Crippen LogP contribution in [0, 0.1) is 0 Å². The van der Waals surface area contributed by atoms with E-state index in [1.54, 1.807) is 31.5 Å². The highest BCUT2D eigenvalue weighted by Crippen LogP contribution is 2.31. The summed E-state index contributed by atoms with van der Waals surface area (Å²) in [4.78, 5) is 21.0. The van der Waals surface area contributed by atoms with E-state index in [4.69, 9.17) is 4.74 Å². The minimum absolute atomic E-state index is 0.328. The number of carbonyl (C=O) groups excluding carboxylic acids is 1. The van der Waals surface area contributed by atoms with Gasteiger partial charge in [0.2, 0.25) is 0 Å². The first-order chi connectivity index (χ1) is 11.3. The number of ether oxygens (including phenoxy) is 1. The zero-order valence-electron chi connectivity index (χ0n) is 12.8. The lowest BCUT2D eigenvalue weighted by Crippen LogP contribution is -2.07. The number of aromatic nitrogens is 2. The van der Waals surface area contributed by atoms with Crippen LogP contribution < -0.4 is 0 Å². The van der Waals surface area contributed by atoms with Crippen LogP contribution in [0.2, 0.25) is 0 Å². The van der Waals surface area contributed by atoms with E-state index in [-0.39, 0.29) is 5.97 Å². The van der Waals surface area contributed by atoms with Crippen molar-refractivity contribution in [1.82, 2.24) is 9.97 Å². The van der Waals surface area contributed by atoms with Crippen LogP contribution >= 0.6 is 0 Å². The first kappa shape index (κ1) is 14.9. The summed E-state index contributed by atoms with van der Waals surface area (Å²) in [5, 5.41) is 0. The number of hydrogen-bond acceptors (Lipinski definition) is 4. The lowest BCUT2D eigenvalue weighted by atomic mass is 9.98. The second-order valence-corrected chi connectivity index (χ2v) is 4.88. The van der Waals surface area contributed by atoms with Crippen molar-refractivity contribution in [2.45, 2.75) is 6.92 Å². The molecule has 4 nitrogen and oxygen atoms in total.